The molecule has 1 aromatic heterocycles. The van der Waals surface area contributed by atoms with Crippen LogP contribution >= 0.6 is 11.3 Å². The minimum absolute atomic E-state index is 0.164. The third-order valence-corrected chi connectivity index (χ3v) is 3.14. The minimum Gasteiger partial charge on any atom is -0.491 e. The summed E-state index contributed by atoms with van der Waals surface area (Å²) in [7, 11) is 0. The topological polar surface area (TPSA) is 35.2 Å². The molecule has 1 unspecified atom stereocenters. The maximum atomic E-state index is 12.9. The van der Waals surface area contributed by atoms with Gasteiger partial charge < -0.3 is 10.5 Å². The highest BCUT2D eigenvalue weighted by Gasteiger charge is 2.07. The number of nitrogens with two attached hydrogens (primary N) is 1. The second-order valence-electron chi connectivity index (χ2n) is 3.39. The van der Waals surface area contributed by atoms with E-state index < -0.39 is 0 Å². The summed E-state index contributed by atoms with van der Waals surface area (Å²) in [5.41, 5.74) is 5.92. The second kappa shape index (κ2) is 5.09. The highest BCUT2D eigenvalue weighted by molar-refractivity contribution is 7.10. The Balaban J connectivity index is 1.92. The van der Waals surface area contributed by atoms with E-state index in [1.807, 2.05) is 17.5 Å². The number of rotatable bonds is 4. The maximum Gasteiger partial charge on any atom is 0.126 e. The predicted molar refractivity (Wildman–Crippen MR) is 63.1 cm³/mol. The van der Waals surface area contributed by atoms with Gasteiger partial charge in [-0.15, -0.1) is 11.3 Å². The van der Waals surface area contributed by atoms with Crippen LogP contribution < -0.4 is 10.5 Å². The summed E-state index contributed by atoms with van der Waals surface area (Å²) in [6.45, 7) is 0.351. The lowest BCUT2D eigenvalue weighted by molar-refractivity contribution is 0.291. The van der Waals surface area contributed by atoms with E-state index in [1.165, 1.54) is 12.1 Å². The Hall–Kier alpha value is -1.39. The van der Waals surface area contributed by atoms with Gasteiger partial charge in [0.1, 0.15) is 18.2 Å². The van der Waals surface area contributed by atoms with Crippen molar-refractivity contribution in [2.75, 3.05) is 6.61 Å². The second-order valence-corrected chi connectivity index (χ2v) is 4.37. The van der Waals surface area contributed by atoms with E-state index in [0.29, 0.717) is 12.4 Å². The van der Waals surface area contributed by atoms with E-state index in [1.54, 1.807) is 23.5 Å². The van der Waals surface area contributed by atoms with Crippen molar-refractivity contribution in [2.24, 2.45) is 5.73 Å². The van der Waals surface area contributed by atoms with Crippen LogP contribution in [0, 0.1) is 5.82 Å². The molecule has 2 aromatic rings. The third-order valence-electron chi connectivity index (χ3n) is 2.13. The van der Waals surface area contributed by atoms with Crippen molar-refractivity contribution >= 4 is 11.3 Å². The van der Waals surface area contributed by atoms with Crippen LogP contribution in [-0.2, 0) is 0 Å². The summed E-state index contributed by atoms with van der Waals surface area (Å²) < 4.78 is 18.3. The third kappa shape index (κ3) is 2.81. The van der Waals surface area contributed by atoms with Gasteiger partial charge in [0.2, 0.25) is 0 Å². The Morgan fingerprint density at radius 2 is 2.19 bits per heavy atom. The van der Waals surface area contributed by atoms with Crippen molar-refractivity contribution in [1.29, 1.82) is 0 Å². The van der Waals surface area contributed by atoms with E-state index in [9.17, 15) is 4.39 Å². The molecule has 0 bridgehead atoms. The Morgan fingerprint density at radius 3 is 2.88 bits per heavy atom. The van der Waals surface area contributed by atoms with Crippen LogP contribution in [0.5, 0.6) is 5.75 Å². The first-order chi connectivity index (χ1) is 7.75. The SMILES string of the molecule is NC(COc1cccc(F)c1)c1cccs1. The molecule has 2 N–H and O–H groups in total. The first kappa shape index (κ1) is 11.1. The van der Waals surface area contributed by atoms with Gasteiger partial charge in [-0.25, -0.2) is 4.39 Å². The highest BCUT2D eigenvalue weighted by atomic mass is 32.1. The molecule has 0 fully saturated rings. The highest BCUT2D eigenvalue weighted by Crippen LogP contribution is 2.19. The average Bonchev–Trinajstić information content (AvgIpc) is 2.79. The van der Waals surface area contributed by atoms with Crippen LogP contribution in [0.3, 0.4) is 0 Å². The Morgan fingerprint density at radius 1 is 1.31 bits per heavy atom. The Bertz CT molecular complexity index is 444. The van der Waals surface area contributed by atoms with Gasteiger partial charge in [0.25, 0.3) is 0 Å². The van der Waals surface area contributed by atoms with Gasteiger partial charge >= 0.3 is 0 Å². The summed E-state index contributed by atoms with van der Waals surface area (Å²) in [5, 5.41) is 1.97. The van der Waals surface area contributed by atoms with Gasteiger partial charge in [-0.05, 0) is 23.6 Å². The zero-order valence-electron chi connectivity index (χ0n) is 8.60. The quantitative estimate of drug-likeness (QED) is 0.887. The molecule has 0 saturated heterocycles. The van der Waals surface area contributed by atoms with Gasteiger partial charge in [0.05, 0.1) is 6.04 Å². The molecular formula is C12H12FNOS. The molecule has 1 aromatic carbocycles. The molecule has 16 heavy (non-hydrogen) atoms. The fourth-order valence-electron chi connectivity index (χ4n) is 1.33. The molecule has 0 aliphatic heterocycles. The lowest BCUT2D eigenvalue weighted by Gasteiger charge is -2.11. The number of hydrogen-bond donors (Lipinski definition) is 1. The number of ether oxygens (including phenoxy) is 1. The van der Waals surface area contributed by atoms with Crippen LogP contribution in [0.2, 0.25) is 0 Å². The molecule has 0 radical (unpaired) electrons. The number of thiophene rings is 1. The molecule has 0 aliphatic rings. The first-order valence-corrected chi connectivity index (χ1v) is 5.81. The van der Waals surface area contributed by atoms with E-state index in [2.05, 4.69) is 0 Å². The Kier molecular flexibility index (Phi) is 3.54. The van der Waals surface area contributed by atoms with Gasteiger partial charge in [-0.1, -0.05) is 12.1 Å². The number of hydrogen-bond acceptors (Lipinski definition) is 3. The predicted octanol–water partition coefficient (Wildman–Crippen LogP) is 2.97. The molecule has 0 spiro atoms. The van der Waals surface area contributed by atoms with Crippen LogP contribution in [-0.4, -0.2) is 6.61 Å². The monoisotopic (exact) mass is 237 g/mol. The fraction of sp³-hybridized carbons (Fsp3) is 0.167. The first-order valence-electron chi connectivity index (χ1n) is 4.93. The normalized spacial score (nSPS) is 12.4. The molecule has 1 heterocycles. The van der Waals surface area contributed by atoms with Crippen LogP contribution in [0.1, 0.15) is 10.9 Å². The van der Waals surface area contributed by atoms with Gasteiger partial charge in [0, 0.05) is 10.9 Å². The summed E-state index contributed by atoms with van der Waals surface area (Å²) >= 11 is 1.59. The zero-order valence-corrected chi connectivity index (χ0v) is 9.41. The summed E-state index contributed by atoms with van der Waals surface area (Å²) in [6.07, 6.45) is 0. The lowest BCUT2D eigenvalue weighted by atomic mass is 10.3. The Labute approximate surface area is 97.5 Å². The molecule has 0 saturated carbocycles. The smallest absolute Gasteiger partial charge is 0.126 e. The molecule has 2 nitrogen and oxygen atoms in total. The van der Waals surface area contributed by atoms with E-state index in [-0.39, 0.29) is 11.9 Å². The van der Waals surface area contributed by atoms with Crippen molar-refractivity contribution in [3.63, 3.8) is 0 Å². The number of benzene rings is 1. The molecular weight excluding hydrogens is 225 g/mol. The van der Waals surface area contributed by atoms with Crippen molar-refractivity contribution < 1.29 is 9.13 Å². The average molecular weight is 237 g/mol. The standard InChI is InChI=1S/C12H12FNOS/c13-9-3-1-4-10(7-9)15-8-11(14)12-5-2-6-16-12/h1-7,11H,8,14H2. The molecule has 2 rings (SSSR count). The van der Waals surface area contributed by atoms with Crippen LogP contribution in [0.4, 0.5) is 4.39 Å². The lowest BCUT2D eigenvalue weighted by Crippen LogP contribution is -2.17. The number of halogens is 1. The molecule has 84 valence electrons. The largest absolute Gasteiger partial charge is 0.491 e. The van der Waals surface area contributed by atoms with Crippen molar-refractivity contribution in [3.05, 3.63) is 52.5 Å². The molecule has 4 heteroatoms. The van der Waals surface area contributed by atoms with E-state index in [4.69, 9.17) is 10.5 Å². The summed E-state index contributed by atoms with van der Waals surface area (Å²) in [5.74, 6) is 0.203. The van der Waals surface area contributed by atoms with Crippen LogP contribution in [0.25, 0.3) is 0 Å². The minimum atomic E-state index is -0.304. The molecule has 0 aliphatic carbocycles. The van der Waals surface area contributed by atoms with E-state index >= 15 is 0 Å². The van der Waals surface area contributed by atoms with Crippen molar-refractivity contribution in [1.82, 2.24) is 0 Å². The van der Waals surface area contributed by atoms with Crippen molar-refractivity contribution in [2.45, 2.75) is 6.04 Å². The van der Waals surface area contributed by atoms with Crippen LogP contribution in [0.15, 0.2) is 41.8 Å². The van der Waals surface area contributed by atoms with Gasteiger partial charge in [-0.2, -0.15) is 0 Å². The maximum absolute atomic E-state index is 12.9. The zero-order chi connectivity index (χ0) is 11.4. The van der Waals surface area contributed by atoms with E-state index in [0.717, 1.165) is 4.88 Å². The van der Waals surface area contributed by atoms with Gasteiger partial charge in [0.15, 0.2) is 0 Å². The van der Waals surface area contributed by atoms with Gasteiger partial charge in [-0.3, -0.25) is 0 Å². The van der Waals surface area contributed by atoms with Crippen molar-refractivity contribution in [3.8, 4) is 5.75 Å². The summed E-state index contributed by atoms with van der Waals surface area (Å²) in [6, 6.07) is 9.80. The fourth-order valence-corrected chi connectivity index (χ4v) is 2.04. The summed E-state index contributed by atoms with van der Waals surface area (Å²) in [4.78, 5) is 1.07. The molecule has 0 amide bonds. The molecule has 1 atom stereocenters.